The standard InChI is InChI=1S/C14H17FN2S/c1-16-8-12-13(15)4-3-5-14(12)17(2)9-11-6-7-18-10-11/h3-7,10,16H,8-9H2,1-2H3. The van der Waals surface area contributed by atoms with E-state index in [0.29, 0.717) is 6.54 Å². The molecule has 0 saturated carbocycles. The Bertz CT molecular complexity index is 497. The summed E-state index contributed by atoms with van der Waals surface area (Å²) in [5.74, 6) is -0.154. The van der Waals surface area contributed by atoms with E-state index in [1.807, 2.05) is 20.2 Å². The zero-order chi connectivity index (χ0) is 13.0. The lowest BCUT2D eigenvalue weighted by Gasteiger charge is -2.22. The summed E-state index contributed by atoms with van der Waals surface area (Å²) in [6.07, 6.45) is 0. The van der Waals surface area contributed by atoms with Crippen LogP contribution in [0.1, 0.15) is 11.1 Å². The highest BCUT2D eigenvalue weighted by atomic mass is 32.1. The Hall–Kier alpha value is -1.39. The topological polar surface area (TPSA) is 15.3 Å². The molecule has 2 nitrogen and oxygen atoms in total. The highest BCUT2D eigenvalue weighted by molar-refractivity contribution is 7.07. The van der Waals surface area contributed by atoms with Crippen LogP contribution in [-0.2, 0) is 13.1 Å². The molecule has 0 fully saturated rings. The number of hydrogen-bond acceptors (Lipinski definition) is 3. The van der Waals surface area contributed by atoms with Gasteiger partial charge in [0.2, 0.25) is 0 Å². The average Bonchev–Trinajstić information content (AvgIpc) is 2.84. The first-order chi connectivity index (χ1) is 8.72. The van der Waals surface area contributed by atoms with Gasteiger partial charge in [0.1, 0.15) is 5.82 Å². The average molecular weight is 264 g/mol. The highest BCUT2D eigenvalue weighted by Crippen LogP contribution is 2.24. The lowest BCUT2D eigenvalue weighted by Crippen LogP contribution is -2.20. The number of benzene rings is 1. The summed E-state index contributed by atoms with van der Waals surface area (Å²) in [7, 11) is 3.82. The predicted octanol–water partition coefficient (Wildman–Crippen LogP) is 3.24. The molecule has 18 heavy (non-hydrogen) atoms. The Morgan fingerprint density at radius 2 is 2.17 bits per heavy atom. The van der Waals surface area contributed by atoms with Crippen LogP contribution in [0.2, 0.25) is 0 Å². The Kier molecular flexibility index (Phi) is 4.33. The minimum atomic E-state index is -0.154. The van der Waals surface area contributed by atoms with Gasteiger partial charge in [0.25, 0.3) is 0 Å². The largest absolute Gasteiger partial charge is 0.370 e. The summed E-state index contributed by atoms with van der Waals surface area (Å²) in [4.78, 5) is 2.08. The Morgan fingerprint density at radius 3 is 2.83 bits per heavy atom. The van der Waals surface area contributed by atoms with Crippen molar-refractivity contribution in [3.05, 3.63) is 52.0 Å². The molecule has 0 spiro atoms. The molecule has 1 N–H and O–H groups in total. The first kappa shape index (κ1) is 13.1. The summed E-state index contributed by atoms with van der Waals surface area (Å²) in [5, 5.41) is 7.19. The smallest absolute Gasteiger partial charge is 0.129 e. The van der Waals surface area contributed by atoms with Crippen LogP contribution < -0.4 is 10.2 Å². The summed E-state index contributed by atoms with van der Waals surface area (Å²) in [6.45, 7) is 1.33. The lowest BCUT2D eigenvalue weighted by atomic mass is 10.1. The zero-order valence-corrected chi connectivity index (χ0v) is 11.4. The molecule has 0 aliphatic heterocycles. The fraction of sp³-hybridized carbons (Fsp3) is 0.286. The van der Waals surface area contributed by atoms with Gasteiger partial charge in [0, 0.05) is 31.4 Å². The van der Waals surface area contributed by atoms with Gasteiger partial charge in [0.15, 0.2) is 0 Å². The van der Waals surface area contributed by atoms with Gasteiger partial charge in [-0.2, -0.15) is 11.3 Å². The SMILES string of the molecule is CNCc1c(F)cccc1N(C)Cc1ccsc1. The maximum atomic E-state index is 13.8. The van der Waals surface area contributed by atoms with Crippen LogP contribution in [0, 0.1) is 5.82 Å². The first-order valence-corrected chi connectivity index (χ1v) is 6.81. The second-order valence-corrected chi connectivity index (χ2v) is 5.04. The van der Waals surface area contributed by atoms with Crippen molar-refractivity contribution in [3.63, 3.8) is 0 Å². The van der Waals surface area contributed by atoms with E-state index >= 15 is 0 Å². The summed E-state index contributed by atoms with van der Waals surface area (Å²) in [6, 6.07) is 7.32. The van der Waals surface area contributed by atoms with Gasteiger partial charge in [-0.25, -0.2) is 4.39 Å². The third-order valence-corrected chi connectivity index (χ3v) is 3.59. The molecule has 0 atom stereocenters. The minimum absolute atomic E-state index is 0.154. The molecule has 0 aliphatic carbocycles. The van der Waals surface area contributed by atoms with E-state index in [1.54, 1.807) is 17.4 Å². The van der Waals surface area contributed by atoms with Crippen LogP contribution in [-0.4, -0.2) is 14.1 Å². The number of halogens is 1. The van der Waals surface area contributed by atoms with E-state index < -0.39 is 0 Å². The summed E-state index contributed by atoms with van der Waals surface area (Å²) >= 11 is 1.68. The van der Waals surface area contributed by atoms with Gasteiger partial charge in [0.05, 0.1) is 0 Å². The van der Waals surface area contributed by atoms with Crippen LogP contribution >= 0.6 is 11.3 Å². The van der Waals surface area contributed by atoms with E-state index in [4.69, 9.17) is 0 Å². The number of nitrogens with one attached hydrogen (secondary N) is 1. The molecule has 0 radical (unpaired) electrons. The van der Waals surface area contributed by atoms with E-state index in [0.717, 1.165) is 17.8 Å². The molecule has 96 valence electrons. The van der Waals surface area contributed by atoms with E-state index in [-0.39, 0.29) is 5.82 Å². The minimum Gasteiger partial charge on any atom is -0.370 e. The van der Waals surface area contributed by atoms with Gasteiger partial charge in [-0.1, -0.05) is 6.07 Å². The van der Waals surface area contributed by atoms with E-state index in [2.05, 4.69) is 27.0 Å². The van der Waals surface area contributed by atoms with Crippen molar-refractivity contribution >= 4 is 17.0 Å². The third-order valence-electron chi connectivity index (χ3n) is 2.86. The fourth-order valence-electron chi connectivity index (χ4n) is 2.00. The molecule has 4 heteroatoms. The zero-order valence-electron chi connectivity index (χ0n) is 10.6. The van der Waals surface area contributed by atoms with Crippen molar-refractivity contribution in [2.45, 2.75) is 13.1 Å². The molecule has 1 aromatic heterocycles. The van der Waals surface area contributed by atoms with Crippen LogP contribution in [0.4, 0.5) is 10.1 Å². The number of thiophene rings is 1. The van der Waals surface area contributed by atoms with Crippen molar-refractivity contribution in [3.8, 4) is 0 Å². The van der Waals surface area contributed by atoms with E-state index in [1.165, 1.54) is 11.6 Å². The Balaban J connectivity index is 2.23. The maximum Gasteiger partial charge on any atom is 0.129 e. The number of anilines is 1. The molecule has 0 saturated heterocycles. The van der Waals surface area contributed by atoms with Crippen molar-refractivity contribution in [1.82, 2.24) is 5.32 Å². The first-order valence-electron chi connectivity index (χ1n) is 5.86. The molecule has 2 rings (SSSR count). The highest BCUT2D eigenvalue weighted by Gasteiger charge is 2.11. The molecule has 0 amide bonds. The number of hydrogen-bond donors (Lipinski definition) is 1. The molecule has 0 unspecified atom stereocenters. The number of nitrogens with zero attached hydrogens (tertiary/aromatic N) is 1. The van der Waals surface area contributed by atoms with Crippen molar-refractivity contribution in [2.75, 3.05) is 19.0 Å². The Morgan fingerprint density at radius 1 is 1.33 bits per heavy atom. The predicted molar refractivity (Wildman–Crippen MR) is 75.6 cm³/mol. The molecule has 0 bridgehead atoms. The fourth-order valence-corrected chi connectivity index (χ4v) is 2.66. The second kappa shape index (κ2) is 5.98. The summed E-state index contributed by atoms with van der Waals surface area (Å²) < 4.78 is 13.8. The lowest BCUT2D eigenvalue weighted by molar-refractivity contribution is 0.599. The maximum absolute atomic E-state index is 13.8. The molecule has 1 heterocycles. The van der Waals surface area contributed by atoms with Gasteiger partial charge >= 0.3 is 0 Å². The summed E-state index contributed by atoms with van der Waals surface area (Å²) in [5.41, 5.74) is 2.91. The van der Waals surface area contributed by atoms with Gasteiger partial charge < -0.3 is 10.2 Å². The molecular weight excluding hydrogens is 247 g/mol. The van der Waals surface area contributed by atoms with Crippen LogP contribution in [0.25, 0.3) is 0 Å². The molecule has 0 aliphatic rings. The van der Waals surface area contributed by atoms with Crippen LogP contribution in [0.5, 0.6) is 0 Å². The van der Waals surface area contributed by atoms with Gasteiger partial charge in [-0.05, 0) is 41.6 Å². The van der Waals surface area contributed by atoms with Gasteiger partial charge in [-0.15, -0.1) is 0 Å². The van der Waals surface area contributed by atoms with Crippen molar-refractivity contribution in [2.24, 2.45) is 0 Å². The van der Waals surface area contributed by atoms with Crippen LogP contribution in [0.3, 0.4) is 0 Å². The van der Waals surface area contributed by atoms with Crippen LogP contribution in [0.15, 0.2) is 35.0 Å². The van der Waals surface area contributed by atoms with Gasteiger partial charge in [-0.3, -0.25) is 0 Å². The monoisotopic (exact) mass is 264 g/mol. The molecule has 2 aromatic rings. The van der Waals surface area contributed by atoms with Crippen molar-refractivity contribution < 1.29 is 4.39 Å². The van der Waals surface area contributed by atoms with E-state index in [9.17, 15) is 4.39 Å². The Labute approximate surface area is 111 Å². The quantitative estimate of drug-likeness (QED) is 0.892. The normalized spacial score (nSPS) is 10.6. The number of rotatable bonds is 5. The third kappa shape index (κ3) is 2.89. The van der Waals surface area contributed by atoms with Crippen molar-refractivity contribution in [1.29, 1.82) is 0 Å². The molecular formula is C14H17FN2S. The molecule has 1 aromatic carbocycles. The second-order valence-electron chi connectivity index (χ2n) is 4.26.